The van der Waals surface area contributed by atoms with Gasteiger partial charge in [-0.2, -0.15) is 13.2 Å². The summed E-state index contributed by atoms with van der Waals surface area (Å²) in [6.45, 7) is 4.65. The molecule has 11 heteroatoms. The minimum atomic E-state index is -4.57. The van der Waals surface area contributed by atoms with Crippen LogP contribution in [0.3, 0.4) is 0 Å². The highest BCUT2D eigenvalue weighted by atomic mass is 19.4. The normalized spacial score (nSPS) is 30.4. The number of carbonyl (C=O) groups is 1. The number of ether oxygens (including phenoxy) is 1. The van der Waals surface area contributed by atoms with E-state index in [1.54, 1.807) is 37.3 Å². The summed E-state index contributed by atoms with van der Waals surface area (Å²) in [4.78, 5) is 13.4. The van der Waals surface area contributed by atoms with E-state index in [1.807, 2.05) is 6.92 Å². The van der Waals surface area contributed by atoms with Crippen LogP contribution >= 0.6 is 0 Å². The number of hydrogen-bond acceptors (Lipinski definition) is 7. The van der Waals surface area contributed by atoms with Crippen molar-refractivity contribution in [2.24, 2.45) is 0 Å². The molecule has 4 unspecified atom stereocenters. The van der Waals surface area contributed by atoms with Gasteiger partial charge in [0.15, 0.2) is 0 Å². The Bertz CT molecular complexity index is 1080. The van der Waals surface area contributed by atoms with Gasteiger partial charge in [0.2, 0.25) is 5.89 Å². The highest BCUT2D eigenvalue weighted by Crippen LogP contribution is 2.42. The fourth-order valence-corrected chi connectivity index (χ4v) is 4.82. The van der Waals surface area contributed by atoms with Gasteiger partial charge in [-0.1, -0.05) is 30.3 Å². The van der Waals surface area contributed by atoms with Gasteiger partial charge in [-0.3, -0.25) is 4.79 Å². The largest absolute Gasteiger partial charge is 0.420 e. The molecule has 3 aliphatic heterocycles. The number of allylic oxidation sites excluding steroid dienone is 1. The van der Waals surface area contributed by atoms with E-state index in [0.29, 0.717) is 30.4 Å². The fraction of sp³-hybridized carbons (Fsp3) is 0.500. The van der Waals surface area contributed by atoms with Crippen LogP contribution in [-0.4, -0.2) is 52.7 Å². The molecule has 0 aliphatic carbocycles. The van der Waals surface area contributed by atoms with Crippen LogP contribution in [0.4, 0.5) is 13.2 Å². The van der Waals surface area contributed by atoms with Gasteiger partial charge in [0.05, 0.1) is 17.9 Å². The van der Waals surface area contributed by atoms with E-state index in [2.05, 4.69) is 20.9 Å². The predicted molar refractivity (Wildman–Crippen MR) is 110 cm³/mol. The zero-order valence-corrected chi connectivity index (χ0v) is 18.1. The van der Waals surface area contributed by atoms with Gasteiger partial charge >= 0.3 is 6.18 Å². The van der Waals surface area contributed by atoms with Gasteiger partial charge < -0.3 is 14.5 Å². The van der Waals surface area contributed by atoms with Crippen molar-refractivity contribution in [2.75, 3.05) is 13.2 Å². The zero-order chi connectivity index (χ0) is 23.4. The second kappa shape index (κ2) is 7.84. The Hall–Kier alpha value is -2.92. The van der Waals surface area contributed by atoms with Crippen LogP contribution in [0.25, 0.3) is 5.57 Å². The maximum atomic E-state index is 13.9. The first kappa shape index (κ1) is 21.9. The van der Waals surface area contributed by atoms with Gasteiger partial charge in [0.25, 0.3) is 11.8 Å². The Balaban J connectivity index is 1.49. The third-order valence-corrected chi connectivity index (χ3v) is 6.56. The van der Waals surface area contributed by atoms with Gasteiger partial charge in [-0.15, -0.1) is 10.2 Å². The highest BCUT2D eigenvalue weighted by molar-refractivity contribution is 6.19. The number of aromatic nitrogens is 2. The summed E-state index contributed by atoms with van der Waals surface area (Å²) in [7, 11) is 0. The van der Waals surface area contributed by atoms with E-state index in [1.165, 1.54) is 0 Å². The average molecular weight is 463 g/mol. The van der Waals surface area contributed by atoms with Crippen molar-refractivity contribution in [3.05, 3.63) is 53.4 Å². The molecule has 0 spiro atoms. The van der Waals surface area contributed by atoms with Crippen LogP contribution in [0.5, 0.6) is 0 Å². The lowest BCUT2D eigenvalue weighted by Crippen LogP contribution is -2.54. The van der Waals surface area contributed by atoms with Gasteiger partial charge in [0.1, 0.15) is 17.8 Å². The maximum absolute atomic E-state index is 13.9. The summed E-state index contributed by atoms with van der Waals surface area (Å²) in [6, 6.07) is 6.42. The van der Waals surface area contributed by atoms with E-state index < -0.39 is 35.6 Å². The number of alkyl halides is 3. The Kier molecular flexibility index (Phi) is 5.20. The summed E-state index contributed by atoms with van der Waals surface area (Å²) in [5, 5.41) is 12.3. The standard InChI is InChI=1S/C22H24F3N5O3/c1-12-14(18-27-28-20(33-18)21(2)9-6-10-32-11-21)19(31)30-17(26-12)15(13-7-4-3-5-8-13)16(29-30)22(23,24)25/h3-5,7-8,15-17,26,29H,6,9-11H2,1-2H3. The number of rotatable bonds is 3. The molecule has 2 fully saturated rings. The third-order valence-electron chi connectivity index (χ3n) is 6.56. The summed E-state index contributed by atoms with van der Waals surface area (Å²) < 4.78 is 53.2. The first-order chi connectivity index (χ1) is 15.7. The van der Waals surface area contributed by atoms with Gasteiger partial charge in [-0.25, -0.2) is 10.4 Å². The first-order valence-corrected chi connectivity index (χ1v) is 10.8. The number of amides is 1. The molecule has 1 amide bonds. The fourth-order valence-electron chi connectivity index (χ4n) is 4.82. The van der Waals surface area contributed by atoms with Crippen LogP contribution in [0, 0.1) is 0 Å². The molecule has 1 aromatic carbocycles. The van der Waals surface area contributed by atoms with Gasteiger partial charge in [0, 0.05) is 12.3 Å². The molecule has 1 aromatic heterocycles. The Labute approximate surface area is 188 Å². The van der Waals surface area contributed by atoms with Crippen molar-refractivity contribution in [3.63, 3.8) is 0 Å². The van der Waals surface area contributed by atoms with Crippen molar-refractivity contribution < 1.29 is 27.1 Å². The lowest BCUT2D eigenvalue weighted by molar-refractivity contribution is -0.161. The molecule has 0 bridgehead atoms. The lowest BCUT2D eigenvalue weighted by Gasteiger charge is -2.34. The minimum absolute atomic E-state index is 0.0289. The average Bonchev–Trinajstić information content (AvgIpc) is 3.41. The number of benzene rings is 1. The molecule has 4 heterocycles. The van der Waals surface area contributed by atoms with Crippen molar-refractivity contribution in [2.45, 2.75) is 56.4 Å². The Morgan fingerprint density at radius 3 is 2.64 bits per heavy atom. The molecule has 5 rings (SSSR count). The summed E-state index contributed by atoms with van der Waals surface area (Å²) >= 11 is 0. The SMILES string of the molecule is CC1=C(c2nnc(C3(C)CCCOC3)o2)C(=O)N2NC(C(F)(F)F)C(c3ccccc3)C2N1. The second-order valence-corrected chi connectivity index (χ2v) is 8.98. The smallest absolute Gasteiger partial charge is 0.406 e. The van der Waals surface area contributed by atoms with Crippen molar-refractivity contribution in [1.29, 1.82) is 0 Å². The van der Waals surface area contributed by atoms with Crippen molar-refractivity contribution in [1.82, 2.24) is 25.9 Å². The van der Waals surface area contributed by atoms with E-state index in [-0.39, 0.29) is 11.5 Å². The molecular weight excluding hydrogens is 439 g/mol. The molecule has 4 atom stereocenters. The molecule has 0 saturated carbocycles. The number of hydrogen-bond donors (Lipinski definition) is 2. The predicted octanol–water partition coefficient (Wildman–Crippen LogP) is 2.86. The first-order valence-electron chi connectivity index (χ1n) is 10.8. The monoisotopic (exact) mass is 463 g/mol. The molecule has 8 nitrogen and oxygen atoms in total. The maximum Gasteiger partial charge on any atom is 0.406 e. The zero-order valence-electron chi connectivity index (χ0n) is 18.1. The molecular formula is C22H24F3N5O3. The second-order valence-electron chi connectivity index (χ2n) is 8.98. The van der Waals surface area contributed by atoms with E-state index in [0.717, 1.165) is 17.9 Å². The van der Waals surface area contributed by atoms with Crippen molar-refractivity contribution >= 4 is 11.5 Å². The summed E-state index contributed by atoms with van der Waals surface area (Å²) in [5.41, 5.74) is 2.81. The lowest BCUT2D eigenvalue weighted by atomic mass is 9.85. The Morgan fingerprint density at radius 1 is 1.21 bits per heavy atom. The van der Waals surface area contributed by atoms with Crippen LogP contribution in [0.1, 0.15) is 50.0 Å². The number of nitrogens with zero attached hydrogens (tertiary/aromatic N) is 3. The van der Waals surface area contributed by atoms with Gasteiger partial charge in [-0.05, 0) is 32.3 Å². The number of carbonyl (C=O) groups excluding carboxylic acids is 1. The number of hydrazine groups is 1. The van der Waals surface area contributed by atoms with E-state index in [4.69, 9.17) is 9.15 Å². The van der Waals surface area contributed by atoms with Crippen LogP contribution < -0.4 is 10.7 Å². The highest BCUT2D eigenvalue weighted by Gasteiger charge is 2.58. The molecule has 3 aliphatic rings. The summed E-state index contributed by atoms with van der Waals surface area (Å²) in [5.74, 6) is -1.37. The number of fused-ring (bicyclic) bond motifs is 1. The molecule has 176 valence electrons. The minimum Gasteiger partial charge on any atom is -0.420 e. The van der Waals surface area contributed by atoms with Crippen LogP contribution in [0.15, 0.2) is 40.4 Å². The van der Waals surface area contributed by atoms with Crippen molar-refractivity contribution in [3.8, 4) is 0 Å². The molecule has 33 heavy (non-hydrogen) atoms. The number of nitrogens with one attached hydrogen (secondary N) is 2. The molecule has 0 radical (unpaired) electrons. The quantitative estimate of drug-likeness (QED) is 0.723. The van der Waals surface area contributed by atoms with Crippen LogP contribution in [-0.2, 0) is 14.9 Å². The molecule has 2 N–H and O–H groups in total. The molecule has 2 saturated heterocycles. The topological polar surface area (TPSA) is 92.5 Å². The number of halogens is 3. The third kappa shape index (κ3) is 3.68. The van der Waals surface area contributed by atoms with E-state index in [9.17, 15) is 18.0 Å². The summed E-state index contributed by atoms with van der Waals surface area (Å²) in [6.07, 6.45) is -3.86. The Morgan fingerprint density at radius 2 is 1.97 bits per heavy atom. The van der Waals surface area contributed by atoms with Crippen LogP contribution in [0.2, 0.25) is 0 Å². The van der Waals surface area contributed by atoms with E-state index >= 15 is 0 Å². The molecule has 2 aromatic rings.